The topological polar surface area (TPSA) is 28.2 Å². The molecule has 1 rings (SSSR count). The Morgan fingerprint density at radius 3 is 2.83 bits per heavy atom. The molecule has 0 unspecified atom stereocenters. The van der Waals surface area contributed by atoms with Crippen LogP contribution in [0, 0.1) is 5.92 Å². The van der Waals surface area contributed by atoms with E-state index < -0.39 is 0 Å². The van der Waals surface area contributed by atoms with Gasteiger partial charge in [-0.2, -0.15) is 0 Å². The van der Waals surface area contributed by atoms with Crippen molar-refractivity contribution in [2.75, 3.05) is 25.0 Å². The van der Waals surface area contributed by atoms with Crippen molar-refractivity contribution in [1.82, 2.24) is 10.3 Å². The molecule has 0 aliphatic rings. The molecule has 0 aliphatic carbocycles. The summed E-state index contributed by atoms with van der Waals surface area (Å²) in [7, 11) is 2.15. The molecule has 0 aliphatic heterocycles. The minimum atomic E-state index is 0.688. The number of hydrogen-bond donors (Lipinski definition) is 1. The smallest absolute Gasteiger partial charge is 0.0595 e. The van der Waals surface area contributed by atoms with Crippen LogP contribution in [-0.2, 0) is 6.54 Å². The van der Waals surface area contributed by atoms with E-state index in [1.54, 1.807) is 0 Å². The summed E-state index contributed by atoms with van der Waals surface area (Å²) in [6, 6.07) is 2.12. The van der Waals surface area contributed by atoms with E-state index in [9.17, 15) is 0 Å². The van der Waals surface area contributed by atoms with Gasteiger partial charge in [0.1, 0.15) is 0 Å². The molecule has 102 valence electrons. The molecule has 18 heavy (non-hydrogen) atoms. The summed E-state index contributed by atoms with van der Waals surface area (Å²) in [5.41, 5.74) is 2.59. The SMILES string of the molecule is CCCCN(C)c1cnccc1CNCC(C)C. The van der Waals surface area contributed by atoms with Crippen LogP contribution >= 0.6 is 0 Å². The molecule has 0 bridgehead atoms. The Morgan fingerprint density at radius 1 is 1.39 bits per heavy atom. The van der Waals surface area contributed by atoms with Crippen molar-refractivity contribution in [3.63, 3.8) is 0 Å². The maximum atomic E-state index is 4.25. The highest BCUT2D eigenvalue weighted by atomic mass is 15.1. The van der Waals surface area contributed by atoms with Gasteiger partial charge in [-0.3, -0.25) is 4.98 Å². The maximum Gasteiger partial charge on any atom is 0.0595 e. The average Bonchev–Trinajstić information content (AvgIpc) is 2.36. The first kappa shape index (κ1) is 15.0. The van der Waals surface area contributed by atoms with Gasteiger partial charge >= 0.3 is 0 Å². The molecule has 3 nitrogen and oxygen atoms in total. The van der Waals surface area contributed by atoms with Gasteiger partial charge in [-0.15, -0.1) is 0 Å². The Morgan fingerprint density at radius 2 is 2.17 bits per heavy atom. The molecular formula is C15H27N3. The van der Waals surface area contributed by atoms with Crippen LogP contribution in [0.5, 0.6) is 0 Å². The van der Waals surface area contributed by atoms with E-state index in [1.165, 1.54) is 24.1 Å². The second kappa shape index (κ2) is 8.09. The molecule has 0 radical (unpaired) electrons. The molecule has 1 heterocycles. The van der Waals surface area contributed by atoms with Gasteiger partial charge in [0.15, 0.2) is 0 Å². The van der Waals surface area contributed by atoms with Crippen molar-refractivity contribution < 1.29 is 0 Å². The van der Waals surface area contributed by atoms with Crippen molar-refractivity contribution in [2.24, 2.45) is 5.92 Å². The largest absolute Gasteiger partial charge is 0.373 e. The summed E-state index contributed by atoms with van der Waals surface area (Å²) in [6.07, 6.45) is 6.31. The van der Waals surface area contributed by atoms with E-state index in [1.807, 2.05) is 12.4 Å². The molecule has 1 aromatic heterocycles. The fraction of sp³-hybridized carbons (Fsp3) is 0.667. The highest BCUT2D eigenvalue weighted by molar-refractivity contribution is 5.50. The first-order valence-corrected chi connectivity index (χ1v) is 6.99. The van der Waals surface area contributed by atoms with Crippen LogP contribution in [0.1, 0.15) is 39.2 Å². The van der Waals surface area contributed by atoms with Crippen LogP contribution in [-0.4, -0.2) is 25.1 Å². The Kier molecular flexibility index (Phi) is 6.73. The lowest BCUT2D eigenvalue weighted by atomic mass is 10.2. The molecule has 0 spiro atoms. The van der Waals surface area contributed by atoms with Crippen LogP contribution in [0.25, 0.3) is 0 Å². The van der Waals surface area contributed by atoms with Crippen molar-refractivity contribution in [2.45, 2.75) is 40.2 Å². The summed E-state index contributed by atoms with van der Waals surface area (Å²) >= 11 is 0. The van der Waals surface area contributed by atoms with Crippen LogP contribution in [0.2, 0.25) is 0 Å². The highest BCUT2D eigenvalue weighted by Gasteiger charge is 2.07. The number of anilines is 1. The molecule has 0 aromatic carbocycles. The Balaban J connectivity index is 2.60. The number of rotatable bonds is 8. The first-order chi connectivity index (χ1) is 8.65. The molecule has 0 saturated heterocycles. The van der Waals surface area contributed by atoms with Gasteiger partial charge in [-0.05, 0) is 30.5 Å². The van der Waals surface area contributed by atoms with Gasteiger partial charge in [0.2, 0.25) is 0 Å². The normalized spacial score (nSPS) is 10.9. The van der Waals surface area contributed by atoms with Crippen molar-refractivity contribution in [3.8, 4) is 0 Å². The maximum absolute atomic E-state index is 4.25. The predicted octanol–water partition coefficient (Wildman–Crippen LogP) is 3.06. The van der Waals surface area contributed by atoms with E-state index >= 15 is 0 Å². The van der Waals surface area contributed by atoms with Gasteiger partial charge in [0.25, 0.3) is 0 Å². The summed E-state index contributed by atoms with van der Waals surface area (Å²) in [5.74, 6) is 0.688. The van der Waals surface area contributed by atoms with Crippen LogP contribution in [0.4, 0.5) is 5.69 Å². The molecule has 0 saturated carbocycles. The zero-order valence-electron chi connectivity index (χ0n) is 12.2. The fourth-order valence-electron chi connectivity index (χ4n) is 1.92. The molecule has 3 heteroatoms. The summed E-state index contributed by atoms with van der Waals surface area (Å²) < 4.78 is 0. The number of aromatic nitrogens is 1. The van der Waals surface area contributed by atoms with E-state index in [0.29, 0.717) is 5.92 Å². The number of unbranched alkanes of at least 4 members (excludes halogenated alkanes) is 1. The average molecular weight is 249 g/mol. The molecule has 1 N–H and O–H groups in total. The van der Waals surface area contributed by atoms with Crippen molar-refractivity contribution in [1.29, 1.82) is 0 Å². The molecular weight excluding hydrogens is 222 g/mol. The van der Waals surface area contributed by atoms with E-state index in [0.717, 1.165) is 19.6 Å². The predicted molar refractivity (Wildman–Crippen MR) is 79.0 cm³/mol. The third-order valence-corrected chi connectivity index (χ3v) is 3.01. The molecule has 1 aromatic rings. The van der Waals surface area contributed by atoms with Crippen LogP contribution in [0.3, 0.4) is 0 Å². The Bertz CT molecular complexity index is 336. The number of nitrogens with one attached hydrogen (secondary N) is 1. The second-order valence-corrected chi connectivity index (χ2v) is 5.30. The summed E-state index contributed by atoms with van der Waals surface area (Å²) in [6.45, 7) is 9.76. The number of pyridine rings is 1. The third kappa shape index (κ3) is 5.05. The number of nitrogens with zero attached hydrogens (tertiary/aromatic N) is 2. The molecule has 0 amide bonds. The second-order valence-electron chi connectivity index (χ2n) is 5.30. The van der Waals surface area contributed by atoms with Crippen LogP contribution < -0.4 is 10.2 Å². The number of hydrogen-bond acceptors (Lipinski definition) is 3. The summed E-state index contributed by atoms with van der Waals surface area (Å²) in [4.78, 5) is 6.56. The lowest BCUT2D eigenvalue weighted by Gasteiger charge is -2.22. The lowest BCUT2D eigenvalue weighted by Crippen LogP contribution is -2.23. The molecule has 0 atom stereocenters. The fourth-order valence-corrected chi connectivity index (χ4v) is 1.92. The summed E-state index contributed by atoms with van der Waals surface area (Å²) in [5, 5.41) is 3.50. The van der Waals surface area contributed by atoms with Gasteiger partial charge in [-0.1, -0.05) is 27.2 Å². The minimum Gasteiger partial charge on any atom is -0.373 e. The minimum absolute atomic E-state index is 0.688. The Labute approximate surface area is 112 Å². The zero-order chi connectivity index (χ0) is 13.4. The van der Waals surface area contributed by atoms with Crippen molar-refractivity contribution >= 4 is 5.69 Å². The molecule has 0 fully saturated rings. The van der Waals surface area contributed by atoms with Crippen LogP contribution in [0.15, 0.2) is 18.5 Å². The lowest BCUT2D eigenvalue weighted by molar-refractivity contribution is 0.552. The standard InChI is InChI=1S/C15H27N3/c1-5-6-9-18(4)15-12-16-8-7-14(15)11-17-10-13(2)3/h7-8,12-13,17H,5-6,9-11H2,1-4H3. The van der Waals surface area contributed by atoms with E-state index in [-0.39, 0.29) is 0 Å². The first-order valence-electron chi connectivity index (χ1n) is 6.99. The zero-order valence-corrected chi connectivity index (χ0v) is 12.2. The van der Waals surface area contributed by atoms with E-state index in [2.05, 4.69) is 49.1 Å². The quantitative estimate of drug-likeness (QED) is 0.767. The van der Waals surface area contributed by atoms with Gasteiger partial charge in [0.05, 0.1) is 11.9 Å². The van der Waals surface area contributed by atoms with Crippen molar-refractivity contribution in [3.05, 3.63) is 24.0 Å². The van der Waals surface area contributed by atoms with Gasteiger partial charge in [0, 0.05) is 26.3 Å². The third-order valence-electron chi connectivity index (χ3n) is 3.01. The van der Waals surface area contributed by atoms with Gasteiger partial charge in [-0.25, -0.2) is 0 Å². The Hall–Kier alpha value is -1.09. The monoisotopic (exact) mass is 249 g/mol. The highest BCUT2D eigenvalue weighted by Crippen LogP contribution is 2.18. The van der Waals surface area contributed by atoms with Gasteiger partial charge < -0.3 is 10.2 Å². The van der Waals surface area contributed by atoms with E-state index in [4.69, 9.17) is 0 Å².